The van der Waals surface area contributed by atoms with Gasteiger partial charge in [-0.25, -0.2) is 9.78 Å². The quantitative estimate of drug-likeness (QED) is 0.509. The number of rotatable bonds is 6. The van der Waals surface area contributed by atoms with Crippen LogP contribution in [0.4, 0.5) is 5.82 Å². The van der Waals surface area contributed by atoms with Gasteiger partial charge < -0.3 is 25.0 Å². The van der Waals surface area contributed by atoms with Crippen LogP contribution in [0.1, 0.15) is 70.7 Å². The highest BCUT2D eigenvalue weighted by atomic mass is 16.5. The van der Waals surface area contributed by atoms with E-state index in [1.54, 1.807) is 19.2 Å². The van der Waals surface area contributed by atoms with Gasteiger partial charge in [-0.3, -0.25) is 9.36 Å². The van der Waals surface area contributed by atoms with Gasteiger partial charge in [-0.15, -0.1) is 0 Å². The molecule has 2 aromatic heterocycles. The van der Waals surface area contributed by atoms with Crippen molar-refractivity contribution in [3.8, 4) is 0 Å². The summed E-state index contributed by atoms with van der Waals surface area (Å²) in [6.45, 7) is 8.16. The number of benzene rings is 1. The molecule has 204 valence electrons. The molecule has 2 atom stereocenters. The average Bonchev–Trinajstić information content (AvgIpc) is 3.24. The molecule has 0 saturated carbocycles. The Balaban J connectivity index is 1.17. The van der Waals surface area contributed by atoms with Gasteiger partial charge in [-0.05, 0) is 44.4 Å². The Kier molecular flexibility index (Phi) is 7.04. The lowest BCUT2D eigenvalue weighted by Crippen LogP contribution is -2.59. The molecule has 1 spiro atoms. The molecule has 2 saturated heterocycles. The maximum absolute atomic E-state index is 13.1. The third kappa shape index (κ3) is 5.07. The van der Waals surface area contributed by atoms with E-state index in [0.717, 1.165) is 29.8 Å². The smallest absolute Gasteiger partial charge is 0.349 e. The fourth-order valence-electron chi connectivity index (χ4n) is 6.10. The van der Waals surface area contributed by atoms with Gasteiger partial charge in [0.25, 0.3) is 0 Å². The minimum Gasteiger partial charge on any atom is -0.388 e. The van der Waals surface area contributed by atoms with E-state index in [2.05, 4.69) is 29.5 Å². The molecule has 10 heteroatoms. The summed E-state index contributed by atoms with van der Waals surface area (Å²) in [6.07, 6.45) is 4.47. The molecule has 0 bridgehead atoms. The highest BCUT2D eigenvalue weighted by Crippen LogP contribution is 2.43. The van der Waals surface area contributed by atoms with Crippen LogP contribution >= 0.6 is 0 Å². The number of likely N-dealkylation sites (tertiary alicyclic amines) is 1. The molecule has 1 aromatic carbocycles. The van der Waals surface area contributed by atoms with Crippen molar-refractivity contribution in [2.24, 2.45) is 0 Å². The summed E-state index contributed by atoms with van der Waals surface area (Å²) < 4.78 is 9.95. The van der Waals surface area contributed by atoms with Crippen LogP contribution in [0.3, 0.4) is 0 Å². The number of imidazole rings is 1. The Morgan fingerprint density at radius 2 is 1.95 bits per heavy atom. The van der Waals surface area contributed by atoms with Crippen molar-refractivity contribution >= 4 is 22.8 Å². The van der Waals surface area contributed by atoms with E-state index in [-0.39, 0.29) is 18.3 Å². The number of para-hydroxylation sites is 2. The molecule has 0 radical (unpaired) electrons. The molecule has 3 aromatic rings. The summed E-state index contributed by atoms with van der Waals surface area (Å²) in [5.41, 5.74) is 5.55. The molecular formula is C28H38N6O4. The Labute approximate surface area is 222 Å². The summed E-state index contributed by atoms with van der Waals surface area (Å²) in [4.78, 5) is 35.9. The number of piperidine rings is 1. The molecule has 0 aliphatic carbocycles. The molecule has 38 heavy (non-hydrogen) atoms. The van der Waals surface area contributed by atoms with Crippen molar-refractivity contribution < 1.29 is 14.6 Å². The predicted octanol–water partition coefficient (Wildman–Crippen LogP) is 2.85. The Morgan fingerprint density at radius 1 is 1.21 bits per heavy atom. The zero-order chi connectivity index (χ0) is 27.1. The standard InChI is InChI=1S/C28H38N6O4/c1-19(2)25-30-20-7-4-5-8-21(20)33(25)13-6-9-24(35)32-15-11-28(12-16-32)18-27(3,37)22(17-38-28)34-14-10-23(29)31-26(34)36/h4-5,7-8,10,14,19,22,37H,6,9,11-13,15-18H2,1-3H3,(H2,29,31,36)/t22-,27-/m1/s1. The molecule has 2 aliphatic rings. The minimum atomic E-state index is -1.16. The van der Waals surface area contributed by atoms with Crippen LogP contribution in [-0.4, -0.2) is 65.9 Å². The highest BCUT2D eigenvalue weighted by molar-refractivity contribution is 5.77. The Hall–Kier alpha value is -3.24. The highest BCUT2D eigenvalue weighted by Gasteiger charge is 2.50. The summed E-state index contributed by atoms with van der Waals surface area (Å²) in [6, 6.07) is 9.14. The van der Waals surface area contributed by atoms with Gasteiger partial charge in [0, 0.05) is 44.6 Å². The number of carbonyl (C=O) groups is 1. The molecule has 10 nitrogen and oxygen atoms in total. The van der Waals surface area contributed by atoms with E-state index < -0.39 is 22.9 Å². The van der Waals surface area contributed by atoms with E-state index in [1.807, 2.05) is 23.1 Å². The number of ether oxygens (including phenoxy) is 1. The number of nitrogens with zero attached hydrogens (tertiary/aromatic N) is 5. The van der Waals surface area contributed by atoms with E-state index in [9.17, 15) is 14.7 Å². The lowest BCUT2D eigenvalue weighted by atomic mass is 9.75. The maximum Gasteiger partial charge on any atom is 0.349 e. The van der Waals surface area contributed by atoms with Gasteiger partial charge in [0.2, 0.25) is 5.91 Å². The first-order valence-corrected chi connectivity index (χ1v) is 13.5. The van der Waals surface area contributed by atoms with Gasteiger partial charge in [0.05, 0.1) is 34.9 Å². The number of anilines is 1. The first-order valence-electron chi connectivity index (χ1n) is 13.5. The zero-order valence-electron chi connectivity index (χ0n) is 22.5. The van der Waals surface area contributed by atoms with E-state index in [1.165, 1.54) is 4.57 Å². The number of nitrogens with two attached hydrogens (primary N) is 1. The van der Waals surface area contributed by atoms with Crippen molar-refractivity contribution in [1.82, 2.24) is 24.0 Å². The van der Waals surface area contributed by atoms with E-state index in [4.69, 9.17) is 15.5 Å². The van der Waals surface area contributed by atoms with Gasteiger partial charge in [-0.2, -0.15) is 4.98 Å². The molecular weight excluding hydrogens is 484 g/mol. The summed E-state index contributed by atoms with van der Waals surface area (Å²) >= 11 is 0. The zero-order valence-corrected chi connectivity index (χ0v) is 22.5. The number of hydrogen-bond donors (Lipinski definition) is 2. The molecule has 0 unspecified atom stereocenters. The fourth-order valence-corrected chi connectivity index (χ4v) is 6.10. The number of nitrogen functional groups attached to an aromatic ring is 1. The van der Waals surface area contributed by atoms with Crippen LogP contribution < -0.4 is 11.4 Å². The topological polar surface area (TPSA) is 128 Å². The van der Waals surface area contributed by atoms with E-state index in [0.29, 0.717) is 44.7 Å². The van der Waals surface area contributed by atoms with Crippen LogP contribution in [0, 0.1) is 0 Å². The second kappa shape index (κ2) is 10.1. The van der Waals surface area contributed by atoms with E-state index >= 15 is 0 Å². The van der Waals surface area contributed by atoms with Crippen LogP contribution in [0.25, 0.3) is 11.0 Å². The normalized spacial score (nSPS) is 23.4. The SMILES string of the molecule is CC(C)c1nc2ccccc2n1CCCC(=O)N1CCC2(CC1)C[C@@](C)(O)[C@H](n1ccc(N)nc1=O)CO2. The maximum atomic E-state index is 13.1. The summed E-state index contributed by atoms with van der Waals surface area (Å²) in [7, 11) is 0. The average molecular weight is 523 g/mol. The lowest BCUT2D eigenvalue weighted by molar-refractivity contribution is -0.198. The molecule has 3 N–H and O–H groups in total. The molecule has 2 fully saturated rings. The first-order chi connectivity index (χ1) is 18.1. The first kappa shape index (κ1) is 26.4. The van der Waals surface area contributed by atoms with Crippen molar-refractivity contribution in [3.05, 3.63) is 52.8 Å². The largest absolute Gasteiger partial charge is 0.388 e. The van der Waals surface area contributed by atoms with Crippen LogP contribution in [0.5, 0.6) is 0 Å². The van der Waals surface area contributed by atoms with Gasteiger partial charge in [-0.1, -0.05) is 26.0 Å². The number of aromatic nitrogens is 4. The van der Waals surface area contributed by atoms with Gasteiger partial charge >= 0.3 is 5.69 Å². The number of hydrogen-bond acceptors (Lipinski definition) is 7. The minimum absolute atomic E-state index is 0.148. The molecule has 5 rings (SSSR count). The number of carbonyl (C=O) groups excluding carboxylic acids is 1. The van der Waals surface area contributed by atoms with Gasteiger partial charge in [0.15, 0.2) is 0 Å². The fraction of sp³-hybridized carbons (Fsp3) is 0.571. The third-order valence-electron chi connectivity index (χ3n) is 8.13. The van der Waals surface area contributed by atoms with Crippen molar-refractivity contribution in [2.75, 3.05) is 25.4 Å². The molecule has 4 heterocycles. The Bertz CT molecular complexity index is 1370. The monoisotopic (exact) mass is 522 g/mol. The van der Waals surface area contributed by atoms with Crippen molar-refractivity contribution in [2.45, 2.75) is 82.6 Å². The van der Waals surface area contributed by atoms with Crippen molar-refractivity contribution in [3.63, 3.8) is 0 Å². The number of aliphatic hydroxyl groups is 1. The summed E-state index contributed by atoms with van der Waals surface area (Å²) in [5, 5.41) is 11.3. The molecule has 2 aliphatic heterocycles. The van der Waals surface area contributed by atoms with Gasteiger partial charge in [0.1, 0.15) is 11.6 Å². The van der Waals surface area contributed by atoms with Crippen LogP contribution in [-0.2, 0) is 16.1 Å². The third-order valence-corrected chi connectivity index (χ3v) is 8.13. The number of aryl methyl sites for hydroxylation is 1. The van der Waals surface area contributed by atoms with Crippen LogP contribution in [0.2, 0.25) is 0 Å². The predicted molar refractivity (Wildman–Crippen MR) is 145 cm³/mol. The van der Waals surface area contributed by atoms with Crippen LogP contribution in [0.15, 0.2) is 41.3 Å². The lowest BCUT2D eigenvalue weighted by Gasteiger charge is -2.51. The second-order valence-electron chi connectivity index (χ2n) is 11.3. The van der Waals surface area contributed by atoms with Crippen molar-refractivity contribution in [1.29, 1.82) is 0 Å². The Morgan fingerprint density at radius 3 is 2.63 bits per heavy atom. The number of amides is 1. The molecule has 1 amide bonds. The summed E-state index contributed by atoms with van der Waals surface area (Å²) in [5.74, 6) is 1.65. The number of fused-ring (bicyclic) bond motifs is 1. The second-order valence-corrected chi connectivity index (χ2v) is 11.3.